The van der Waals surface area contributed by atoms with Crippen molar-refractivity contribution < 1.29 is 19.8 Å². The second kappa shape index (κ2) is 12.8. The van der Waals surface area contributed by atoms with Gasteiger partial charge < -0.3 is 30.2 Å². The van der Waals surface area contributed by atoms with Crippen molar-refractivity contribution in [1.82, 2.24) is 19.8 Å². The summed E-state index contributed by atoms with van der Waals surface area (Å²) in [6, 6.07) is 14.0. The lowest BCUT2D eigenvalue weighted by molar-refractivity contribution is -0.128. The number of hydrogen-bond donors (Lipinski definition) is 3. The lowest BCUT2D eigenvalue weighted by Gasteiger charge is -2.41. The van der Waals surface area contributed by atoms with E-state index in [4.69, 9.17) is 4.98 Å². The highest BCUT2D eigenvalue weighted by molar-refractivity contribution is 6.09. The second-order valence-electron chi connectivity index (χ2n) is 10.3. The molecule has 0 spiro atoms. The second-order valence-corrected chi connectivity index (χ2v) is 10.3. The van der Waals surface area contributed by atoms with Crippen LogP contribution in [0.4, 0.5) is 17.5 Å². The number of carbonyl (C=O) groups is 2. The predicted molar refractivity (Wildman–Crippen MR) is 159 cm³/mol. The number of rotatable bonds is 8. The van der Waals surface area contributed by atoms with Gasteiger partial charge in [-0.25, -0.2) is 4.98 Å². The number of anilines is 3. The molecule has 42 heavy (non-hydrogen) atoms. The summed E-state index contributed by atoms with van der Waals surface area (Å²) >= 11 is 0. The summed E-state index contributed by atoms with van der Waals surface area (Å²) in [5.74, 6) is 0.284. The number of benzene rings is 2. The first kappa shape index (κ1) is 28.8. The summed E-state index contributed by atoms with van der Waals surface area (Å²) in [6.45, 7) is 8.16. The smallest absolute Gasteiger partial charge is 0.274 e. The maximum absolute atomic E-state index is 13.7. The number of carbonyl (C=O) groups excluding carboxylic acids is 2. The number of nitriles is 1. The fraction of sp³-hybridized carbons (Fsp3) is 0.367. The molecule has 12 nitrogen and oxygen atoms in total. The third-order valence-electron chi connectivity index (χ3n) is 7.69. The van der Waals surface area contributed by atoms with Gasteiger partial charge >= 0.3 is 0 Å². The van der Waals surface area contributed by atoms with Gasteiger partial charge in [-0.2, -0.15) is 10.2 Å². The van der Waals surface area contributed by atoms with Gasteiger partial charge in [0.1, 0.15) is 17.3 Å². The molecule has 0 unspecified atom stereocenters. The summed E-state index contributed by atoms with van der Waals surface area (Å²) in [5, 5.41) is 33.5. The molecule has 0 aliphatic carbocycles. The number of nitrogens with zero attached hydrogens (tertiary/aromatic N) is 7. The Bertz CT molecular complexity index is 1510. The minimum Gasteiger partial charge on any atom is -0.508 e. The third-order valence-corrected chi connectivity index (χ3v) is 7.69. The molecule has 2 aliphatic rings. The van der Waals surface area contributed by atoms with Gasteiger partial charge in [-0.3, -0.25) is 14.5 Å². The number of phenols is 1. The van der Waals surface area contributed by atoms with Gasteiger partial charge in [0.25, 0.3) is 5.91 Å². The molecular formula is C30H34N8O4. The van der Waals surface area contributed by atoms with E-state index in [2.05, 4.69) is 27.8 Å². The monoisotopic (exact) mass is 570 g/mol. The van der Waals surface area contributed by atoms with Gasteiger partial charge in [-0.1, -0.05) is 30.8 Å². The maximum atomic E-state index is 13.7. The Morgan fingerprint density at radius 3 is 2.57 bits per heavy atom. The Kier molecular flexibility index (Phi) is 8.80. The number of phenolic OH excluding ortho intramolecular Hbond substituents is 1. The minimum absolute atomic E-state index is 0.0318. The fourth-order valence-corrected chi connectivity index (χ4v) is 5.49. The summed E-state index contributed by atoms with van der Waals surface area (Å²) in [5.41, 5.74) is 0.613. The molecule has 3 N–H and O–H groups in total. The number of β-amino-alcohol motifs (C(OH)–C–C–N with tert-alkyl or cyclic N) is 1. The van der Waals surface area contributed by atoms with Gasteiger partial charge in [0.05, 0.1) is 30.8 Å². The van der Waals surface area contributed by atoms with Gasteiger partial charge in [-0.05, 0) is 17.5 Å². The van der Waals surface area contributed by atoms with Crippen molar-refractivity contribution in [2.45, 2.75) is 12.5 Å². The summed E-state index contributed by atoms with van der Waals surface area (Å²) in [7, 11) is 0. The molecule has 5 rings (SSSR count). The fourth-order valence-electron chi connectivity index (χ4n) is 5.49. The average molecular weight is 571 g/mol. The van der Waals surface area contributed by atoms with Crippen LogP contribution in [0.15, 0.2) is 55.1 Å². The molecule has 3 heterocycles. The molecule has 2 aliphatic heterocycles. The van der Waals surface area contributed by atoms with Crippen molar-refractivity contribution in [3.8, 4) is 11.8 Å². The van der Waals surface area contributed by atoms with Crippen LogP contribution in [0.3, 0.4) is 0 Å². The van der Waals surface area contributed by atoms with E-state index < -0.39 is 5.91 Å². The molecule has 12 heteroatoms. The van der Waals surface area contributed by atoms with E-state index in [1.54, 1.807) is 17.0 Å². The molecule has 1 atom stereocenters. The molecule has 2 amide bonds. The summed E-state index contributed by atoms with van der Waals surface area (Å²) in [6.07, 6.45) is 1.41. The molecule has 0 bridgehead atoms. The number of nitrogens with one attached hydrogen (secondary N) is 1. The van der Waals surface area contributed by atoms with Crippen LogP contribution in [0.5, 0.6) is 5.75 Å². The number of fused-ring (bicyclic) bond motifs is 1. The summed E-state index contributed by atoms with van der Waals surface area (Å²) < 4.78 is 0. The van der Waals surface area contributed by atoms with Gasteiger partial charge in [0.15, 0.2) is 0 Å². The zero-order valence-corrected chi connectivity index (χ0v) is 23.3. The highest BCUT2D eigenvalue weighted by Crippen LogP contribution is 2.30. The molecule has 0 saturated carbocycles. The normalized spacial score (nSPS) is 17.6. The van der Waals surface area contributed by atoms with E-state index in [-0.39, 0.29) is 36.4 Å². The van der Waals surface area contributed by atoms with E-state index in [0.29, 0.717) is 56.7 Å². The highest BCUT2D eigenvalue weighted by Gasteiger charge is 2.31. The Hall–Kier alpha value is -4.73. The SMILES string of the molecule is C=CC(=O)N1CCN(c2cc(C(=O)Nc3cc(O)cc4ccccc34)nc(N3CCN(CCO)CC3)n2)C[C@@H]1CC#N. The molecule has 3 aromatic rings. The van der Waals surface area contributed by atoms with Crippen LogP contribution in [-0.4, -0.2) is 107 Å². The third kappa shape index (κ3) is 6.27. The van der Waals surface area contributed by atoms with Crippen molar-refractivity contribution >= 4 is 40.0 Å². The van der Waals surface area contributed by atoms with E-state index in [9.17, 15) is 25.1 Å². The molecule has 218 valence electrons. The topological polar surface area (TPSA) is 149 Å². The van der Waals surface area contributed by atoms with Crippen molar-refractivity contribution in [1.29, 1.82) is 5.26 Å². The molecule has 1 aromatic heterocycles. The van der Waals surface area contributed by atoms with Crippen LogP contribution < -0.4 is 15.1 Å². The van der Waals surface area contributed by atoms with Crippen LogP contribution in [-0.2, 0) is 4.79 Å². The average Bonchev–Trinajstić information content (AvgIpc) is 3.01. The Labute approximate surface area is 244 Å². The molecule has 0 radical (unpaired) electrons. The zero-order chi connectivity index (χ0) is 29.6. The first-order chi connectivity index (χ1) is 20.4. The largest absolute Gasteiger partial charge is 0.508 e. The zero-order valence-electron chi connectivity index (χ0n) is 23.3. The van der Waals surface area contributed by atoms with Crippen molar-refractivity contribution in [2.24, 2.45) is 0 Å². The predicted octanol–water partition coefficient (Wildman–Crippen LogP) is 1.82. The van der Waals surface area contributed by atoms with E-state index >= 15 is 0 Å². The lowest BCUT2D eigenvalue weighted by atomic mass is 10.1. The Morgan fingerprint density at radius 1 is 1.07 bits per heavy atom. The first-order valence-corrected chi connectivity index (χ1v) is 14.0. The van der Waals surface area contributed by atoms with Gasteiger partial charge in [0.2, 0.25) is 11.9 Å². The van der Waals surface area contributed by atoms with Crippen LogP contribution >= 0.6 is 0 Å². The van der Waals surface area contributed by atoms with Crippen LogP contribution in [0, 0.1) is 11.3 Å². The number of aromatic nitrogens is 2. The first-order valence-electron chi connectivity index (χ1n) is 14.0. The Balaban J connectivity index is 1.47. The van der Waals surface area contributed by atoms with Gasteiger partial charge in [-0.15, -0.1) is 0 Å². The van der Waals surface area contributed by atoms with Gasteiger partial charge in [0, 0.05) is 69.9 Å². The van der Waals surface area contributed by atoms with E-state index in [1.165, 1.54) is 12.1 Å². The van der Waals surface area contributed by atoms with Crippen LogP contribution in [0.25, 0.3) is 10.8 Å². The van der Waals surface area contributed by atoms with Crippen molar-refractivity contribution in [2.75, 3.05) is 74.1 Å². The minimum atomic E-state index is -0.455. The van der Waals surface area contributed by atoms with Crippen molar-refractivity contribution in [3.05, 3.63) is 60.8 Å². The number of piperazine rings is 2. The van der Waals surface area contributed by atoms with Crippen molar-refractivity contribution in [3.63, 3.8) is 0 Å². The molecule has 2 saturated heterocycles. The van der Waals surface area contributed by atoms with Crippen LogP contribution in [0.1, 0.15) is 16.9 Å². The lowest BCUT2D eigenvalue weighted by Crippen LogP contribution is -2.55. The maximum Gasteiger partial charge on any atom is 0.274 e. The molecule has 2 fully saturated rings. The quantitative estimate of drug-likeness (QED) is 0.342. The standard InChI is InChI=1S/C30H34N8O4/c1-2-28(41)38-14-13-37(20-22(38)7-8-31)27-19-26(33-30(34-27)36-11-9-35(10-12-36)15-16-39)29(42)32-25-18-23(40)17-21-5-3-4-6-24(21)25/h2-6,17-19,22,39-40H,1,7,9-16,20H2,(H,32,42)/t22-/m0/s1. The number of hydrogen-bond acceptors (Lipinski definition) is 10. The number of aromatic hydroxyl groups is 1. The highest BCUT2D eigenvalue weighted by atomic mass is 16.3. The van der Waals surface area contributed by atoms with E-state index in [1.807, 2.05) is 34.1 Å². The number of aliphatic hydroxyl groups is 1. The Morgan fingerprint density at radius 2 is 1.83 bits per heavy atom. The summed E-state index contributed by atoms with van der Waals surface area (Å²) in [4.78, 5) is 43.4. The van der Waals surface area contributed by atoms with Crippen LogP contribution in [0.2, 0.25) is 0 Å². The number of aliphatic hydroxyl groups excluding tert-OH is 1. The van der Waals surface area contributed by atoms with E-state index in [0.717, 1.165) is 23.9 Å². The molecular weight excluding hydrogens is 536 g/mol. The molecule has 2 aromatic carbocycles. The number of amides is 2.